The zero-order valence-electron chi connectivity index (χ0n) is 11.4. The van der Waals surface area contributed by atoms with Gasteiger partial charge in [-0.3, -0.25) is 9.59 Å². The lowest BCUT2D eigenvalue weighted by atomic mass is 10.1. The van der Waals surface area contributed by atoms with Crippen molar-refractivity contribution in [3.63, 3.8) is 0 Å². The fourth-order valence-corrected chi connectivity index (χ4v) is 4.06. The Morgan fingerprint density at radius 1 is 1.33 bits per heavy atom. The third-order valence-electron chi connectivity index (χ3n) is 4.39. The molecule has 2 aromatic rings. The molecule has 1 aromatic carbocycles. The van der Waals surface area contributed by atoms with Crippen LogP contribution in [0, 0.1) is 0 Å². The van der Waals surface area contributed by atoms with Gasteiger partial charge in [-0.25, -0.2) is 4.98 Å². The van der Waals surface area contributed by atoms with Crippen molar-refractivity contribution in [2.75, 3.05) is 6.54 Å². The number of fused-ring (bicyclic) bond motifs is 3. The van der Waals surface area contributed by atoms with Gasteiger partial charge in [-0.05, 0) is 31.0 Å². The Bertz CT molecular complexity index is 727. The number of thiazole rings is 1. The van der Waals surface area contributed by atoms with Crippen LogP contribution in [0.3, 0.4) is 0 Å². The molecule has 2 bridgehead atoms. The number of aromatic nitrogens is 1. The van der Waals surface area contributed by atoms with Gasteiger partial charge in [0.15, 0.2) is 0 Å². The van der Waals surface area contributed by atoms with Crippen LogP contribution in [0.2, 0.25) is 0 Å². The molecule has 0 unspecified atom stereocenters. The average molecular weight is 301 g/mol. The van der Waals surface area contributed by atoms with E-state index in [4.69, 9.17) is 0 Å². The second-order valence-corrected chi connectivity index (χ2v) is 6.53. The number of amides is 2. The first-order chi connectivity index (χ1) is 10.2. The summed E-state index contributed by atoms with van der Waals surface area (Å²) in [6, 6.07) is 5.81. The molecule has 0 aliphatic carbocycles. The van der Waals surface area contributed by atoms with Crippen LogP contribution in [0.4, 0.5) is 0 Å². The third-order valence-corrected chi connectivity index (χ3v) is 5.18. The zero-order valence-corrected chi connectivity index (χ0v) is 12.2. The van der Waals surface area contributed by atoms with Crippen molar-refractivity contribution in [3.8, 4) is 0 Å². The zero-order chi connectivity index (χ0) is 14.4. The number of nitrogens with one attached hydrogen (secondary N) is 1. The Morgan fingerprint density at radius 3 is 3.10 bits per heavy atom. The largest absolute Gasteiger partial charge is 0.354 e. The maximum atomic E-state index is 12.9. The molecule has 2 saturated heterocycles. The van der Waals surface area contributed by atoms with E-state index in [0.717, 1.165) is 23.1 Å². The molecule has 0 radical (unpaired) electrons. The van der Waals surface area contributed by atoms with Gasteiger partial charge in [0.05, 0.1) is 15.7 Å². The van der Waals surface area contributed by atoms with Crippen LogP contribution in [0.25, 0.3) is 10.2 Å². The number of hydrogen-bond donors (Lipinski definition) is 1. The molecule has 0 spiro atoms. The molecule has 4 rings (SSSR count). The highest BCUT2D eigenvalue weighted by Crippen LogP contribution is 2.30. The summed E-state index contributed by atoms with van der Waals surface area (Å²) in [5.74, 6) is 0.0900. The summed E-state index contributed by atoms with van der Waals surface area (Å²) in [5, 5.41) is 2.90. The van der Waals surface area contributed by atoms with Gasteiger partial charge in [0.25, 0.3) is 5.91 Å². The summed E-state index contributed by atoms with van der Waals surface area (Å²) >= 11 is 1.54. The van der Waals surface area contributed by atoms with Gasteiger partial charge >= 0.3 is 0 Å². The number of rotatable bonds is 1. The van der Waals surface area contributed by atoms with E-state index in [2.05, 4.69) is 10.3 Å². The van der Waals surface area contributed by atoms with E-state index in [0.29, 0.717) is 18.5 Å². The fourth-order valence-electron chi connectivity index (χ4n) is 3.35. The Kier molecular flexibility index (Phi) is 2.92. The van der Waals surface area contributed by atoms with Crippen LogP contribution >= 0.6 is 11.3 Å². The van der Waals surface area contributed by atoms with Crippen molar-refractivity contribution in [1.29, 1.82) is 0 Å². The second kappa shape index (κ2) is 4.80. The average Bonchev–Trinajstić information content (AvgIpc) is 3.05. The molecule has 2 atom stereocenters. The number of carbonyl (C=O) groups excluding carboxylic acids is 2. The minimum absolute atomic E-state index is 0.0364. The quantitative estimate of drug-likeness (QED) is 0.873. The van der Waals surface area contributed by atoms with Crippen molar-refractivity contribution < 1.29 is 9.59 Å². The molecule has 2 aliphatic rings. The first-order valence-corrected chi connectivity index (χ1v) is 8.03. The Balaban J connectivity index is 1.68. The van der Waals surface area contributed by atoms with Crippen molar-refractivity contribution in [1.82, 2.24) is 15.2 Å². The van der Waals surface area contributed by atoms with E-state index >= 15 is 0 Å². The topological polar surface area (TPSA) is 62.3 Å². The first-order valence-electron chi connectivity index (χ1n) is 7.15. The molecule has 1 N–H and O–H groups in total. The summed E-state index contributed by atoms with van der Waals surface area (Å²) in [6.45, 7) is 0.573. The highest BCUT2D eigenvalue weighted by Gasteiger charge is 2.40. The molecule has 2 aliphatic heterocycles. The van der Waals surface area contributed by atoms with Crippen LogP contribution < -0.4 is 5.32 Å². The molecule has 6 heteroatoms. The van der Waals surface area contributed by atoms with Gasteiger partial charge in [-0.2, -0.15) is 0 Å². The number of hydrogen-bond acceptors (Lipinski definition) is 4. The highest BCUT2D eigenvalue weighted by atomic mass is 32.1. The molecule has 21 heavy (non-hydrogen) atoms. The molecular formula is C15H15N3O2S. The molecular weight excluding hydrogens is 286 g/mol. The second-order valence-electron chi connectivity index (χ2n) is 5.64. The standard InChI is InChI=1S/C15H15N3O2S/c19-14-6-10-2-3-11(7-16-14)18(10)15(20)9-1-4-12-13(5-9)21-8-17-12/h1,4-5,8,10-11H,2-3,6-7H2,(H,16,19)/t10-,11+/m1/s1. The summed E-state index contributed by atoms with van der Waals surface area (Å²) in [5.41, 5.74) is 3.40. The van der Waals surface area contributed by atoms with Crippen LogP contribution in [0.15, 0.2) is 23.7 Å². The summed E-state index contributed by atoms with van der Waals surface area (Å²) in [7, 11) is 0. The van der Waals surface area contributed by atoms with Crippen LogP contribution in [-0.2, 0) is 4.79 Å². The number of nitrogens with zero attached hydrogens (tertiary/aromatic N) is 2. The maximum Gasteiger partial charge on any atom is 0.254 e. The van der Waals surface area contributed by atoms with Crippen LogP contribution in [0.5, 0.6) is 0 Å². The molecule has 108 valence electrons. The van der Waals surface area contributed by atoms with Crippen molar-refractivity contribution in [3.05, 3.63) is 29.3 Å². The van der Waals surface area contributed by atoms with Crippen LogP contribution in [0.1, 0.15) is 29.6 Å². The third kappa shape index (κ3) is 2.10. The molecule has 0 saturated carbocycles. The number of benzene rings is 1. The van der Waals surface area contributed by atoms with Crippen molar-refractivity contribution in [2.24, 2.45) is 0 Å². The maximum absolute atomic E-state index is 12.9. The van der Waals surface area contributed by atoms with Gasteiger partial charge in [0.2, 0.25) is 5.91 Å². The predicted octanol–water partition coefficient (Wildman–Crippen LogP) is 1.79. The molecule has 5 nitrogen and oxygen atoms in total. The van der Waals surface area contributed by atoms with E-state index in [1.54, 1.807) is 5.51 Å². The van der Waals surface area contributed by atoms with Crippen molar-refractivity contribution >= 4 is 33.4 Å². The fraction of sp³-hybridized carbons (Fsp3) is 0.400. The minimum Gasteiger partial charge on any atom is -0.354 e. The summed E-state index contributed by atoms with van der Waals surface area (Å²) in [6.07, 6.45) is 2.32. The van der Waals surface area contributed by atoms with Crippen molar-refractivity contribution in [2.45, 2.75) is 31.3 Å². The van der Waals surface area contributed by atoms with E-state index in [1.807, 2.05) is 23.1 Å². The molecule has 1 aromatic heterocycles. The van der Waals surface area contributed by atoms with Gasteiger partial charge in [-0.15, -0.1) is 11.3 Å². The van der Waals surface area contributed by atoms with E-state index in [1.165, 1.54) is 11.3 Å². The monoisotopic (exact) mass is 301 g/mol. The Hall–Kier alpha value is -1.95. The van der Waals surface area contributed by atoms with Crippen LogP contribution in [-0.4, -0.2) is 40.3 Å². The lowest BCUT2D eigenvalue weighted by Crippen LogP contribution is -2.42. The highest BCUT2D eigenvalue weighted by molar-refractivity contribution is 7.16. The molecule has 2 amide bonds. The molecule has 2 fully saturated rings. The lowest BCUT2D eigenvalue weighted by Gasteiger charge is -2.27. The predicted molar refractivity (Wildman–Crippen MR) is 80.2 cm³/mol. The summed E-state index contributed by atoms with van der Waals surface area (Å²) < 4.78 is 1.03. The van der Waals surface area contributed by atoms with Gasteiger partial charge in [-0.1, -0.05) is 0 Å². The van der Waals surface area contributed by atoms with E-state index in [9.17, 15) is 9.59 Å². The smallest absolute Gasteiger partial charge is 0.254 e. The summed E-state index contributed by atoms with van der Waals surface area (Å²) in [4.78, 5) is 30.7. The Morgan fingerprint density at radius 2 is 2.19 bits per heavy atom. The SMILES string of the molecule is O=C1C[C@H]2CC[C@@H](CN1)N2C(=O)c1ccc2ncsc2c1. The van der Waals surface area contributed by atoms with E-state index in [-0.39, 0.29) is 23.9 Å². The van der Waals surface area contributed by atoms with Gasteiger partial charge < -0.3 is 10.2 Å². The lowest BCUT2D eigenvalue weighted by molar-refractivity contribution is -0.121. The molecule has 3 heterocycles. The number of carbonyl (C=O) groups is 2. The first kappa shape index (κ1) is 12.8. The van der Waals surface area contributed by atoms with E-state index < -0.39 is 0 Å². The minimum atomic E-state index is 0.0364. The van der Waals surface area contributed by atoms with Gasteiger partial charge in [0, 0.05) is 30.6 Å². The van der Waals surface area contributed by atoms with Gasteiger partial charge in [0.1, 0.15) is 0 Å². The Labute approximate surface area is 126 Å². The normalized spacial score (nSPS) is 25.0.